The Morgan fingerprint density at radius 2 is 2.00 bits per heavy atom. The average molecular weight is 281 g/mol. The van der Waals surface area contributed by atoms with E-state index in [0.717, 1.165) is 19.3 Å². The first kappa shape index (κ1) is 16.7. The van der Waals surface area contributed by atoms with Crippen LogP contribution in [-0.2, 0) is 14.3 Å². The van der Waals surface area contributed by atoms with E-state index in [9.17, 15) is 9.59 Å². The number of carbonyl (C=O) groups excluding carboxylic acids is 2. The van der Waals surface area contributed by atoms with Crippen LogP contribution in [0.1, 0.15) is 64.7 Å². The normalized spacial score (nSPS) is 18.4. The Morgan fingerprint density at radius 1 is 1.25 bits per heavy atom. The van der Waals surface area contributed by atoms with Gasteiger partial charge in [0, 0.05) is 6.42 Å². The molecule has 1 aliphatic heterocycles. The number of esters is 1. The van der Waals surface area contributed by atoms with Gasteiger partial charge < -0.3 is 10.1 Å². The van der Waals surface area contributed by atoms with Gasteiger partial charge in [0.2, 0.25) is 5.91 Å². The molecule has 1 saturated heterocycles. The van der Waals surface area contributed by atoms with Gasteiger partial charge in [-0.2, -0.15) is 0 Å². The standard InChI is InChI=1S/C16H27NO3/c1-2-3-4-5-6-7-8-9-10-13-20-16(19)14-11-12-15(18)17-14/h3-4,14H,2,5-13H2,1H3,(H,17,18)/b4-3+/t14-/m0/s1. The van der Waals surface area contributed by atoms with E-state index in [1.807, 2.05) is 0 Å². The first-order valence-electron chi connectivity index (χ1n) is 7.85. The first-order chi connectivity index (χ1) is 9.74. The summed E-state index contributed by atoms with van der Waals surface area (Å²) in [5, 5.41) is 2.62. The quantitative estimate of drug-likeness (QED) is 0.380. The Kier molecular flexibility index (Phi) is 8.76. The molecule has 0 unspecified atom stereocenters. The molecule has 0 aromatic rings. The molecule has 1 rings (SSSR count). The molecular weight excluding hydrogens is 254 g/mol. The SMILES string of the molecule is CC/C=C/CCCCCCCOC(=O)[C@@H]1CCC(=O)N1. The topological polar surface area (TPSA) is 55.4 Å². The van der Waals surface area contributed by atoms with E-state index in [-0.39, 0.29) is 11.9 Å². The Bertz CT molecular complexity index is 326. The summed E-state index contributed by atoms with van der Waals surface area (Å²) in [6.45, 7) is 2.62. The summed E-state index contributed by atoms with van der Waals surface area (Å²) in [5.41, 5.74) is 0. The van der Waals surface area contributed by atoms with Gasteiger partial charge in [-0.15, -0.1) is 0 Å². The lowest BCUT2D eigenvalue weighted by atomic mass is 10.1. The monoisotopic (exact) mass is 281 g/mol. The van der Waals surface area contributed by atoms with Crippen LogP contribution in [0.25, 0.3) is 0 Å². The summed E-state index contributed by atoms with van der Waals surface area (Å²) in [5.74, 6) is -0.329. The van der Waals surface area contributed by atoms with Crippen molar-refractivity contribution >= 4 is 11.9 Å². The lowest BCUT2D eigenvalue weighted by Crippen LogP contribution is -2.34. The zero-order chi connectivity index (χ0) is 14.6. The molecule has 0 aromatic heterocycles. The van der Waals surface area contributed by atoms with E-state index in [0.29, 0.717) is 19.4 Å². The zero-order valence-corrected chi connectivity index (χ0v) is 12.5. The zero-order valence-electron chi connectivity index (χ0n) is 12.5. The third kappa shape index (κ3) is 7.31. The molecular formula is C16H27NO3. The van der Waals surface area contributed by atoms with Crippen LogP contribution in [0.15, 0.2) is 12.2 Å². The summed E-state index contributed by atoms with van der Waals surface area (Å²) in [7, 11) is 0. The van der Waals surface area contributed by atoms with Crippen molar-refractivity contribution in [3.8, 4) is 0 Å². The molecule has 114 valence electrons. The summed E-state index contributed by atoms with van der Waals surface area (Å²) in [6.07, 6.45) is 13.4. The highest BCUT2D eigenvalue weighted by Gasteiger charge is 2.28. The van der Waals surface area contributed by atoms with Crippen LogP contribution in [0, 0.1) is 0 Å². The highest BCUT2D eigenvalue weighted by atomic mass is 16.5. The van der Waals surface area contributed by atoms with Gasteiger partial charge in [-0.25, -0.2) is 4.79 Å². The van der Waals surface area contributed by atoms with E-state index < -0.39 is 6.04 Å². The van der Waals surface area contributed by atoms with Gasteiger partial charge in [0.1, 0.15) is 6.04 Å². The minimum absolute atomic E-state index is 0.0518. The molecule has 1 aliphatic rings. The fourth-order valence-electron chi connectivity index (χ4n) is 2.24. The van der Waals surface area contributed by atoms with Gasteiger partial charge in [0.15, 0.2) is 0 Å². The lowest BCUT2D eigenvalue weighted by Gasteiger charge is -2.09. The maximum absolute atomic E-state index is 11.6. The molecule has 1 atom stereocenters. The molecule has 1 fully saturated rings. The molecule has 1 amide bonds. The van der Waals surface area contributed by atoms with Crippen molar-refractivity contribution in [2.24, 2.45) is 0 Å². The number of rotatable bonds is 10. The fourth-order valence-corrected chi connectivity index (χ4v) is 2.24. The second-order valence-corrected chi connectivity index (χ2v) is 5.26. The number of carbonyl (C=O) groups is 2. The summed E-state index contributed by atoms with van der Waals surface area (Å²) in [4.78, 5) is 22.6. The van der Waals surface area contributed by atoms with Gasteiger partial charge in [0.25, 0.3) is 0 Å². The lowest BCUT2D eigenvalue weighted by molar-refractivity contribution is -0.146. The third-order valence-electron chi connectivity index (χ3n) is 3.44. The predicted octanol–water partition coefficient (Wildman–Crippen LogP) is 3.12. The van der Waals surface area contributed by atoms with Crippen LogP contribution in [-0.4, -0.2) is 24.5 Å². The Morgan fingerprint density at radius 3 is 2.70 bits per heavy atom. The summed E-state index contributed by atoms with van der Waals surface area (Å²) >= 11 is 0. The number of hydrogen-bond donors (Lipinski definition) is 1. The van der Waals surface area contributed by atoms with E-state index >= 15 is 0 Å². The Hall–Kier alpha value is -1.32. The number of nitrogens with one attached hydrogen (secondary N) is 1. The van der Waals surface area contributed by atoms with Crippen LogP contribution >= 0.6 is 0 Å². The predicted molar refractivity (Wildman–Crippen MR) is 79.3 cm³/mol. The molecule has 4 nitrogen and oxygen atoms in total. The fraction of sp³-hybridized carbons (Fsp3) is 0.750. The number of ether oxygens (including phenoxy) is 1. The molecule has 0 bridgehead atoms. The van der Waals surface area contributed by atoms with E-state index in [1.165, 1.54) is 25.7 Å². The first-order valence-corrected chi connectivity index (χ1v) is 7.85. The highest BCUT2D eigenvalue weighted by molar-refractivity contribution is 5.87. The van der Waals surface area contributed by atoms with Gasteiger partial charge in [-0.3, -0.25) is 4.79 Å². The molecule has 1 N–H and O–H groups in total. The smallest absolute Gasteiger partial charge is 0.328 e. The Labute approximate surface area is 122 Å². The maximum atomic E-state index is 11.6. The van der Waals surface area contributed by atoms with Crippen molar-refractivity contribution in [2.75, 3.05) is 6.61 Å². The molecule has 20 heavy (non-hydrogen) atoms. The van der Waals surface area contributed by atoms with Crippen LogP contribution in [0.4, 0.5) is 0 Å². The number of hydrogen-bond acceptors (Lipinski definition) is 3. The second-order valence-electron chi connectivity index (χ2n) is 5.26. The molecule has 1 heterocycles. The Balaban J connectivity index is 1.88. The molecule has 0 saturated carbocycles. The van der Waals surface area contributed by atoms with Crippen LogP contribution in [0.5, 0.6) is 0 Å². The molecule has 4 heteroatoms. The largest absolute Gasteiger partial charge is 0.464 e. The number of allylic oxidation sites excluding steroid dienone is 2. The molecule has 0 aromatic carbocycles. The van der Waals surface area contributed by atoms with Gasteiger partial charge in [0.05, 0.1) is 6.61 Å². The van der Waals surface area contributed by atoms with Gasteiger partial charge in [-0.05, 0) is 32.1 Å². The second kappa shape index (κ2) is 10.5. The van der Waals surface area contributed by atoms with Crippen LogP contribution < -0.4 is 5.32 Å². The third-order valence-corrected chi connectivity index (χ3v) is 3.44. The number of amides is 1. The van der Waals surface area contributed by atoms with Crippen molar-refractivity contribution in [3.05, 3.63) is 12.2 Å². The summed E-state index contributed by atoms with van der Waals surface area (Å²) < 4.78 is 5.17. The van der Waals surface area contributed by atoms with Crippen LogP contribution in [0.3, 0.4) is 0 Å². The average Bonchev–Trinajstić information content (AvgIpc) is 2.87. The molecule has 0 aliphatic carbocycles. The van der Waals surface area contributed by atoms with E-state index in [4.69, 9.17) is 4.74 Å². The van der Waals surface area contributed by atoms with Gasteiger partial charge in [-0.1, -0.05) is 38.3 Å². The minimum atomic E-state index is -0.409. The molecule has 0 spiro atoms. The van der Waals surface area contributed by atoms with E-state index in [2.05, 4.69) is 24.4 Å². The maximum Gasteiger partial charge on any atom is 0.328 e. The minimum Gasteiger partial charge on any atom is -0.464 e. The van der Waals surface area contributed by atoms with Crippen molar-refractivity contribution in [3.63, 3.8) is 0 Å². The molecule has 0 radical (unpaired) electrons. The van der Waals surface area contributed by atoms with Crippen molar-refractivity contribution in [2.45, 2.75) is 70.8 Å². The van der Waals surface area contributed by atoms with Crippen LogP contribution in [0.2, 0.25) is 0 Å². The van der Waals surface area contributed by atoms with E-state index in [1.54, 1.807) is 0 Å². The highest BCUT2D eigenvalue weighted by Crippen LogP contribution is 2.09. The van der Waals surface area contributed by atoms with Crippen molar-refractivity contribution in [1.29, 1.82) is 0 Å². The summed E-state index contributed by atoms with van der Waals surface area (Å²) in [6, 6.07) is -0.409. The number of unbranched alkanes of at least 4 members (excludes halogenated alkanes) is 5. The van der Waals surface area contributed by atoms with Crippen molar-refractivity contribution < 1.29 is 14.3 Å². The van der Waals surface area contributed by atoms with Gasteiger partial charge >= 0.3 is 5.97 Å². The van der Waals surface area contributed by atoms with Crippen molar-refractivity contribution in [1.82, 2.24) is 5.32 Å².